The van der Waals surface area contributed by atoms with Gasteiger partial charge in [0.25, 0.3) is 0 Å². The summed E-state index contributed by atoms with van der Waals surface area (Å²) < 4.78 is 5.32. The molecule has 1 saturated heterocycles. The molecule has 1 amide bonds. The Balaban J connectivity index is 2.16. The van der Waals surface area contributed by atoms with E-state index >= 15 is 0 Å². The summed E-state index contributed by atoms with van der Waals surface area (Å²) >= 11 is 4.06. The molecule has 0 radical (unpaired) electrons. The van der Waals surface area contributed by atoms with E-state index in [1.165, 1.54) is 12.8 Å². The van der Waals surface area contributed by atoms with Crippen LogP contribution in [-0.2, 0) is 9.53 Å². The topological polar surface area (TPSA) is 29.5 Å². The van der Waals surface area contributed by atoms with Gasteiger partial charge in [0.2, 0.25) is 5.91 Å². The first kappa shape index (κ1) is 12.8. The molecule has 1 fully saturated rings. The molecule has 1 aliphatic rings. The highest BCUT2D eigenvalue weighted by atomic mass is 32.1. The predicted molar refractivity (Wildman–Crippen MR) is 64.3 cm³/mol. The second-order valence-electron chi connectivity index (χ2n) is 4.03. The number of likely N-dealkylation sites (tertiary alicyclic amines) is 1. The van der Waals surface area contributed by atoms with E-state index in [-0.39, 0.29) is 0 Å². The van der Waals surface area contributed by atoms with Crippen molar-refractivity contribution >= 4 is 18.5 Å². The molecule has 4 heteroatoms. The fraction of sp³-hybridized carbons (Fsp3) is 0.909. The van der Waals surface area contributed by atoms with Crippen LogP contribution < -0.4 is 0 Å². The van der Waals surface area contributed by atoms with Gasteiger partial charge < -0.3 is 9.64 Å². The zero-order valence-corrected chi connectivity index (χ0v) is 10.3. The van der Waals surface area contributed by atoms with E-state index in [9.17, 15) is 4.79 Å². The van der Waals surface area contributed by atoms with Crippen molar-refractivity contribution in [2.45, 2.75) is 26.2 Å². The monoisotopic (exact) mass is 231 g/mol. The van der Waals surface area contributed by atoms with Gasteiger partial charge in [-0.15, -0.1) is 0 Å². The summed E-state index contributed by atoms with van der Waals surface area (Å²) in [5.74, 6) is 1.61. The van der Waals surface area contributed by atoms with E-state index < -0.39 is 0 Å². The Kier molecular flexibility index (Phi) is 6.10. The third-order valence-electron chi connectivity index (χ3n) is 2.73. The van der Waals surface area contributed by atoms with Crippen molar-refractivity contribution in [2.24, 2.45) is 5.92 Å². The molecule has 0 bridgehead atoms. The summed E-state index contributed by atoms with van der Waals surface area (Å²) in [5.41, 5.74) is 0. The number of rotatable bonds is 7. The third kappa shape index (κ3) is 4.43. The Morgan fingerprint density at radius 3 is 3.00 bits per heavy atom. The molecule has 0 aromatic carbocycles. The SMILES string of the molecule is CCCC1CC(=O)N(CCOCCS)C1. The van der Waals surface area contributed by atoms with Gasteiger partial charge in [-0.1, -0.05) is 13.3 Å². The molecule has 1 atom stereocenters. The number of ether oxygens (including phenoxy) is 1. The zero-order chi connectivity index (χ0) is 11.1. The zero-order valence-electron chi connectivity index (χ0n) is 9.45. The van der Waals surface area contributed by atoms with Crippen LogP contribution in [0.3, 0.4) is 0 Å². The third-order valence-corrected chi connectivity index (χ3v) is 2.92. The maximum atomic E-state index is 11.6. The van der Waals surface area contributed by atoms with Gasteiger partial charge in [0.05, 0.1) is 13.2 Å². The molecular weight excluding hydrogens is 210 g/mol. The van der Waals surface area contributed by atoms with Crippen molar-refractivity contribution in [1.82, 2.24) is 4.90 Å². The second kappa shape index (κ2) is 7.12. The minimum Gasteiger partial charge on any atom is -0.379 e. The van der Waals surface area contributed by atoms with Gasteiger partial charge in [-0.3, -0.25) is 4.79 Å². The standard InChI is InChI=1S/C11H21NO2S/c1-2-3-10-8-11(13)12(9-10)4-5-14-6-7-15/h10,15H,2-9H2,1H3. The highest BCUT2D eigenvalue weighted by Gasteiger charge is 2.28. The number of hydrogen-bond acceptors (Lipinski definition) is 3. The Bertz CT molecular complexity index is 199. The molecule has 0 aromatic rings. The van der Waals surface area contributed by atoms with Crippen LogP contribution in [0.25, 0.3) is 0 Å². The van der Waals surface area contributed by atoms with E-state index in [1.54, 1.807) is 0 Å². The van der Waals surface area contributed by atoms with E-state index in [2.05, 4.69) is 19.6 Å². The summed E-state index contributed by atoms with van der Waals surface area (Å²) in [7, 11) is 0. The molecule has 0 saturated carbocycles. The average Bonchev–Trinajstić information content (AvgIpc) is 2.55. The van der Waals surface area contributed by atoms with Gasteiger partial charge in [-0.05, 0) is 12.3 Å². The van der Waals surface area contributed by atoms with Gasteiger partial charge >= 0.3 is 0 Å². The summed E-state index contributed by atoms with van der Waals surface area (Å²) in [5, 5.41) is 0. The molecule has 1 rings (SSSR count). The van der Waals surface area contributed by atoms with Crippen molar-refractivity contribution in [2.75, 3.05) is 32.1 Å². The normalized spacial score (nSPS) is 21.3. The Morgan fingerprint density at radius 2 is 2.33 bits per heavy atom. The van der Waals surface area contributed by atoms with E-state index in [4.69, 9.17) is 4.74 Å². The lowest BCUT2D eigenvalue weighted by Crippen LogP contribution is -2.29. The van der Waals surface area contributed by atoms with Crippen molar-refractivity contribution in [3.05, 3.63) is 0 Å². The lowest BCUT2D eigenvalue weighted by molar-refractivity contribution is -0.128. The Morgan fingerprint density at radius 1 is 1.53 bits per heavy atom. The molecule has 3 nitrogen and oxygen atoms in total. The maximum Gasteiger partial charge on any atom is 0.223 e. The molecule has 1 unspecified atom stereocenters. The molecule has 15 heavy (non-hydrogen) atoms. The Hall–Kier alpha value is -0.220. The van der Waals surface area contributed by atoms with E-state index in [0.29, 0.717) is 25.0 Å². The van der Waals surface area contributed by atoms with Gasteiger partial charge in [0.1, 0.15) is 0 Å². The fourth-order valence-corrected chi connectivity index (χ4v) is 2.14. The predicted octanol–water partition coefficient (Wildman–Crippen LogP) is 1.58. The quantitative estimate of drug-likeness (QED) is 0.532. The molecule has 1 heterocycles. The Labute approximate surface area is 97.6 Å². The molecule has 0 aromatic heterocycles. The number of nitrogens with zero attached hydrogens (tertiary/aromatic N) is 1. The van der Waals surface area contributed by atoms with E-state index in [1.807, 2.05) is 4.90 Å². The second-order valence-corrected chi connectivity index (χ2v) is 4.48. The molecule has 1 aliphatic heterocycles. The van der Waals surface area contributed by atoms with Crippen LogP contribution in [0.1, 0.15) is 26.2 Å². The number of carbonyl (C=O) groups excluding carboxylic acids is 1. The maximum absolute atomic E-state index is 11.6. The highest BCUT2D eigenvalue weighted by molar-refractivity contribution is 7.80. The van der Waals surface area contributed by atoms with Crippen molar-refractivity contribution in [3.8, 4) is 0 Å². The number of amides is 1. The summed E-state index contributed by atoms with van der Waals surface area (Å²) in [6.45, 7) is 5.15. The minimum atomic E-state index is 0.294. The van der Waals surface area contributed by atoms with Gasteiger partial charge in [0.15, 0.2) is 0 Å². The van der Waals surface area contributed by atoms with Crippen LogP contribution in [0, 0.1) is 5.92 Å². The van der Waals surface area contributed by atoms with Crippen molar-refractivity contribution in [3.63, 3.8) is 0 Å². The lowest BCUT2D eigenvalue weighted by atomic mass is 10.0. The van der Waals surface area contributed by atoms with E-state index in [0.717, 1.165) is 25.3 Å². The molecule has 0 aliphatic carbocycles. The summed E-state index contributed by atoms with van der Waals surface area (Å²) in [6, 6.07) is 0. The first-order valence-electron chi connectivity index (χ1n) is 5.74. The van der Waals surface area contributed by atoms with Crippen LogP contribution in [0.15, 0.2) is 0 Å². The summed E-state index contributed by atoms with van der Waals surface area (Å²) in [6.07, 6.45) is 3.07. The van der Waals surface area contributed by atoms with Crippen LogP contribution in [0.2, 0.25) is 0 Å². The van der Waals surface area contributed by atoms with Gasteiger partial charge in [0, 0.05) is 25.3 Å². The highest BCUT2D eigenvalue weighted by Crippen LogP contribution is 2.21. The fourth-order valence-electron chi connectivity index (χ4n) is 2.01. The molecule has 88 valence electrons. The summed E-state index contributed by atoms with van der Waals surface area (Å²) in [4.78, 5) is 13.5. The number of hydrogen-bond donors (Lipinski definition) is 1. The number of thiol groups is 1. The molecule has 0 spiro atoms. The largest absolute Gasteiger partial charge is 0.379 e. The van der Waals surface area contributed by atoms with Gasteiger partial charge in [-0.25, -0.2) is 0 Å². The lowest BCUT2D eigenvalue weighted by Gasteiger charge is -2.16. The minimum absolute atomic E-state index is 0.294. The number of carbonyl (C=O) groups is 1. The van der Waals surface area contributed by atoms with Crippen LogP contribution in [0.5, 0.6) is 0 Å². The smallest absolute Gasteiger partial charge is 0.223 e. The molecular formula is C11H21NO2S. The van der Waals surface area contributed by atoms with Crippen LogP contribution in [-0.4, -0.2) is 42.9 Å². The molecule has 0 N–H and O–H groups in total. The first-order valence-corrected chi connectivity index (χ1v) is 6.37. The van der Waals surface area contributed by atoms with Crippen molar-refractivity contribution < 1.29 is 9.53 Å². The van der Waals surface area contributed by atoms with Gasteiger partial charge in [-0.2, -0.15) is 12.6 Å². The van der Waals surface area contributed by atoms with Crippen LogP contribution in [0.4, 0.5) is 0 Å². The van der Waals surface area contributed by atoms with Crippen molar-refractivity contribution in [1.29, 1.82) is 0 Å². The first-order chi connectivity index (χ1) is 7.27. The van der Waals surface area contributed by atoms with Crippen LogP contribution >= 0.6 is 12.6 Å². The average molecular weight is 231 g/mol.